The van der Waals surface area contributed by atoms with Gasteiger partial charge in [-0.15, -0.1) is 0 Å². The van der Waals surface area contributed by atoms with Crippen molar-refractivity contribution in [1.82, 2.24) is 14.7 Å². The fourth-order valence-electron chi connectivity index (χ4n) is 4.57. The van der Waals surface area contributed by atoms with Crippen LogP contribution in [0.2, 0.25) is 0 Å². The summed E-state index contributed by atoms with van der Waals surface area (Å²) in [5.41, 5.74) is 1.79. The van der Waals surface area contributed by atoms with Gasteiger partial charge in [0.05, 0.1) is 18.7 Å². The molecular weight excluding hydrogens is 430 g/mol. The summed E-state index contributed by atoms with van der Waals surface area (Å²) < 4.78 is 11.6. The maximum atomic E-state index is 13.3. The van der Waals surface area contributed by atoms with Gasteiger partial charge in [0.25, 0.3) is 5.91 Å². The molecule has 4 rings (SSSR count). The van der Waals surface area contributed by atoms with Crippen molar-refractivity contribution < 1.29 is 19.1 Å². The normalized spacial score (nSPS) is 19.1. The fraction of sp³-hybridized carbons (Fsp3) is 0.481. The molecule has 182 valence electrons. The maximum Gasteiger partial charge on any atom is 0.254 e. The van der Waals surface area contributed by atoms with Crippen LogP contribution in [0.5, 0.6) is 11.5 Å². The van der Waals surface area contributed by atoms with Crippen molar-refractivity contribution in [3.8, 4) is 11.5 Å². The number of likely N-dealkylation sites (tertiary alicyclic amines) is 1. The van der Waals surface area contributed by atoms with Crippen molar-refractivity contribution in [1.29, 1.82) is 0 Å². The zero-order chi connectivity index (χ0) is 24.1. The van der Waals surface area contributed by atoms with E-state index in [2.05, 4.69) is 24.1 Å². The van der Waals surface area contributed by atoms with Crippen LogP contribution in [0.4, 0.5) is 0 Å². The van der Waals surface area contributed by atoms with Crippen LogP contribution in [0, 0.1) is 0 Å². The summed E-state index contributed by atoms with van der Waals surface area (Å²) in [6, 6.07) is 15.7. The molecule has 0 radical (unpaired) electrons. The van der Waals surface area contributed by atoms with E-state index in [1.807, 2.05) is 54.0 Å². The molecule has 0 aliphatic carbocycles. The Morgan fingerprint density at radius 2 is 1.85 bits per heavy atom. The van der Waals surface area contributed by atoms with Gasteiger partial charge in [-0.05, 0) is 63.2 Å². The van der Waals surface area contributed by atoms with Crippen LogP contribution in [0.15, 0.2) is 48.5 Å². The fourth-order valence-corrected chi connectivity index (χ4v) is 4.57. The molecule has 0 spiro atoms. The Hall–Kier alpha value is -3.06. The Morgan fingerprint density at radius 3 is 2.56 bits per heavy atom. The standard InChI is InChI=1S/C27H35N3O4/c1-20(2)34-23-11-9-21(10-12-23)25-19-30(15-14-28(25)3)27(32)22-6-4-7-24(18-22)33-17-16-29-13-5-8-26(29)31/h4,6-7,9-12,18,20,25H,5,8,13-17,19H2,1-3H3/t25-/m0/s1. The summed E-state index contributed by atoms with van der Waals surface area (Å²) >= 11 is 0. The van der Waals surface area contributed by atoms with E-state index in [0.29, 0.717) is 44.0 Å². The van der Waals surface area contributed by atoms with Crippen LogP contribution >= 0.6 is 0 Å². The predicted octanol–water partition coefficient (Wildman–Crippen LogP) is 3.60. The van der Waals surface area contributed by atoms with E-state index in [1.165, 1.54) is 5.56 Å². The Labute approximate surface area is 202 Å². The van der Waals surface area contributed by atoms with Crippen molar-refractivity contribution in [3.63, 3.8) is 0 Å². The first-order chi connectivity index (χ1) is 16.4. The van der Waals surface area contributed by atoms with E-state index in [0.717, 1.165) is 25.3 Å². The molecule has 1 atom stereocenters. The predicted molar refractivity (Wildman–Crippen MR) is 131 cm³/mol. The van der Waals surface area contributed by atoms with E-state index < -0.39 is 0 Å². The van der Waals surface area contributed by atoms with Gasteiger partial charge < -0.3 is 19.3 Å². The molecule has 0 saturated carbocycles. The Balaban J connectivity index is 1.37. The Bertz CT molecular complexity index is 992. The summed E-state index contributed by atoms with van der Waals surface area (Å²) in [5.74, 6) is 1.72. The minimum atomic E-state index is 0.0121. The molecule has 2 heterocycles. The average Bonchev–Trinajstić information content (AvgIpc) is 3.24. The molecule has 7 heteroatoms. The first-order valence-electron chi connectivity index (χ1n) is 12.2. The van der Waals surface area contributed by atoms with Gasteiger partial charge in [-0.1, -0.05) is 18.2 Å². The Kier molecular flexibility index (Phi) is 7.73. The number of carbonyl (C=O) groups excluding carboxylic acids is 2. The zero-order valence-corrected chi connectivity index (χ0v) is 20.4. The number of rotatable bonds is 8. The van der Waals surface area contributed by atoms with Gasteiger partial charge in [-0.25, -0.2) is 0 Å². The van der Waals surface area contributed by atoms with Crippen molar-refractivity contribution in [2.45, 2.75) is 38.8 Å². The van der Waals surface area contributed by atoms with Crippen LogP contribution in [0.3, 0.4) is 0 Å². The second-order valence-corrected chi connectivity index (χ2v) is 9.34. The number of hydrogen-bond acceptors (Lipinski definition) is 5. The zero-order valence-electron chi connectivity index (χ0n) is 20.4. The lowest BCUT2D eigenvalue weighted by Crippen LogP contribution is -2.49. The second-order valence-electron chi connectivity index (χ2n) is 9.34. The van der Waals surface area contributed by atoms with Gasteiger partial charge in [0.15, 0.2) is 0 Å². The number of hydrogen-bond donors (Lipinski definition) is 0. The molecule has 7 nitrogen and oxygen atoms in total. The third kappa shape index (κ3) is 5.89. The summed E-state index contributed by atoms with van der Waals surface area (Å²) in [4.78, 5) is 31.1. The smallest absolute Gasteiger partial charge is 0.254 e. The number of ether oxygens (including phenoxy) is 2. The molecule has 0 bridgehead atoms. The number of benzene rings is 2. The second kappa shape index (κ2) is 10.9. The lowest BCUT2D eigenvalue weighted by molar-refractivity contribution is -0.128. The van der Waals surface area contributed by atoms with E-state index in [1.54, 1.807) is 6.07 Å². The molecule has 2 fully saturated rings. The van der Waals surface area contributed by atoms with Crippen LogP contribution in [0.25, 0.3) is 0 Å². The van der Waals surface area contributed by atoms with Gasteiger partial charge in [0.1, 0.15) is 18.1 Å². The first kappa shape index (κ1) is 24.1. The molecule has 34 heavy (non-hydrogen) atoms. The van der Waals surface area contributed by atoms with E-state index in [9.17, 15) is 9.59 Å². The number of carbonyl (C=O) groups is 2. The van der Waals surface area contributed by atoms with Crippen molar-refractivity contribution >= 4 is 11.8 Å². The topological polar surface area (TPSA) is 62.3 Å². The molecule has 2 amide bonds. The molecule has 2 aromatic rings. The van der Waals surface area contributed by atoms with Gasteiger partial charge in [0, 0.05) is 38.2 Å². The number of amides is 2. The van der Waals surface area contributed by atoms with Crippen LogP contribution in [-0.2, 0) is 4.79 Å². The van der Waals surface area contributed by atoms with Crippen LogP contribution < -0.4 is 9.47 Å². The number of nitrogens with zero attached hydrogens (tertiary/aromatic N) is 3. The molecular formula is C27H35N3O4. The SMILES string of the molecule is CC(C)Oc1ccc([C@@H]2CN(C(=O)c3cccc(OCCN4CCCC4=O)c3)CCN2C)cc1. The lowest BCUT2D eigenvalue weighted by atomic mass is 10.0. The highest BCUT2D eigenvalue weighted by atomic mass is 16.5. The van der Waals surface area contributed by atoms with Crippen molar-refractivity contribution in [3.05, 3.63) is 59.7 Å². The molecule has 2 saturated heterocycles. The molecule has 2 aliphatic rings. The largest absolute Gasteiger partial charge is 0.492 e. The summed E-state index contributed by atoms with van der Waals surface area (Å²) in [6.45, 7) is 7.96. The van der Waals surface area contributed by atoms with E-state index >= 15 is 0 Å². The summed E-state index contributed by atoms with van der Waals surface area (Å²) in [7, 11) is 2.10. The Morgan fingerprint density at radius 1 is 1.06 bits per heavy atom. The lowest BCUT2D eigenvalue weighted by Gasteiger charge is -2.39. The molecule has 0 N–H and O–H groups in total. The van der Waals surface area contributed by atoms with Gasteiger partial charge >= 0.3 is 0 Å². The highest BCUT2D eigenvalue weighted by Crippen LogP contribution is 2.27. The van der Waals surface area contributed by atoms with Gasteiger partial charge in [0.2, 0.25) is 5.91 Å². The minimum absolute atomic E-state index is 0.0121. The number of piperazine rings is 1. The highest BCUT2D eigenvalue weighted by Gasteiger charge is 2.29. The van der Waals surface area contributed by atoms with Gasteiger partial charge in [-0.3, -0.25) is 14.5 Å². The maximum absolute atomic E-state index is 13.3. The molecule has 2 aromatic carbocycles. The van der Waals surface area contributed by atoms with Gasteiger partial charge in [-0.2, -0.15) is 0 Å². The van der Waals surface area contributed by atoms with E-state index in [4.69, 9.17) is 9.47 Å². The van der Waals surface area contributed by atoms with Crippen molar-refractivity contribution in [2.75, 3.05) is 46.4 Å². The van der Waals surface area contributed by atoms with Crippen molar-refractivity contribution in [2.24, 2.45) is 0 Å². The summed E-state index contributed by atoms with van der Waals surface area (Å²) in [6.07, 6.45) is 1.69. The van der Waals surface area contributed by atoms with E-state index in [-0.39, 0.29) is 24.0 Å². The quantitative estimate of drug-likeness (QED) is 0.596. The minimum Gasteiger partial charge on any atom is -0.492 e. The average molecular weight is 466 g/mol. The molecule has 0 aromatic heterocycles. The third-order valence-corrected chi connectivity index (χ3v) is 6.45. The monoisotopic (exact) mass is 465 g/mol. The third-order valence-electron chi connectivity index (χ3n) is 6.45. The highest BCUT2D eigenvalue weighted by molar-refractivity contribution is 5.94. The summed E-state index contributed by atoms with van der Waals surface area (Å²) in [5, 5.41) is 0. The first-order valence-corrected chi connectivity index (χ1v) is 12.2. The van der Waals surface area contributed by atoms with Crippen LogP contribution in [0.1, 0.15) is 48.7 Å². The number of likely N-dealkylation sites (N-methyl/N-ethyl adjacent to an activating group) is 1. The molecule has 0 unspecified atom stereocenters. The molecule has 2 aliphatic heterocycles. The van der Waals surface area contributed by atoms with Crippen LogP contribution in [-0.4, -0.2) is 79.0 Å².